The Labute approximate surface area is 88.2 Å². The summed E-state index contributed by atoms with van der Waals surface area (Å²) in [5, 5.41) is 12.1. The molecule has 0 fully saturated rings. The van der Waals surface area contributed by atoms with Gasteiger partial charge in [-0.25, -0.2) is 0 Å². The Bertz CT molecular complexity index is 439. The summed E-state index contributed by atoms with van der Waals surface area (Å²) in [4.78, 5) is 12.0. The fourth-order valence-electron chi connectivity index (χ4n) is 1.53. The van der Waals surface area contributed by atoms with Crippen LogP contribution in [0.5, 0.6) is 0 Å². The van der Waals surface area contributed by atoms with E-state index in [0.717, 1.165) is 5.56 Å². The molecule has 0 bridgehead atoms. The second-order valence-electron chi connectivity index (χ2n) is 4.89. The normalized spacial score (nSPS) is 20.5. The summed E-state index contributed by atoms with van der Waals surface area (Å²) in [6.45, 7) is 7.77. The molecule has 1 aliphatic rings. The Hall–Kier alpha value is -1.52. The molecule has 2 heterocycles. The molecule has 1 unspecified atom stereocenters. The van der Waals surface area contributed by atoms with Gasteiger partial charge in [0.1, 0.15) is 0 Å². The van der Waals surface area contributed by atoms with Gasteiger partial charge in [0.15, 0.2) is 11.9 Å². The number of fused-ring (bicyclic) bond motifs is 1. The van der Waals surface area contributed by atoms with Crippen molar-refractivity contribution in [3.05, 3.63) is 11.8 Å². The Morgan fingerprint density at radius 3 is 2.67 bits per heavy atom. The highest BCUT2D eigenvalue weighted by Gasteiger charge is 2.36. The Morgan fingerprint density at radius 1 is 1.40 bits per heavy atom. The van der Waals surface area contributed by atoms with Crippen LogP contribution in [-0.2, 0) is 0 Å². The summed E-state index contributed by atoms with van der Waals surface area (Å²) >= 11 is 0. The van der Waals surface area contributed by atoms with Gasteiger partial charge in [-0.05, 0) is 12.3 Å². The fraction of sp³-hybridized carbons (Fsp3) is 0.600. The number of rotatable bonds is 0. The van der Waals surface area contributed by atoms with Crippen molar-refractivity contribution in [3.8, 4) is 0 Å². The summed E-state index contributed by atoms with van der Waals surface area (Å²) < 4.78 is 1.35. The van der Waals surface area contributed by atoms with Crippen molar-refractivity contribution in [1.29, 1.82) is 0 Å². The number of hydrogen-bond acceptors (Lipinski definition) is 4. The van der Waals surface area contributed by atoms with E-state index in [2.05, 4.69) is 15.3 Å². The molecule has 0 spiro atoms. The molecule has 0 amide bonds. The zero-order valence-corrected chi connectivity index (χ0v) is 9.35. The maximum atomic E-state index is 12.0. The zero-order valence-electron chi connectivity index (χ0n) is 9.35. The van der Waals surface area contributed by atoms with Crippen molar-refractivity contribution in [2.75, 3.05) is 0 Å². The van der Waals surface area contributed by atoms with E-state index in [4.69, 9.17) is 0 Å². The molecular formula is C10H14N4O. The highest BCUT2D eigenvalue weighted by atomic mass is 16.2. The molecule has 0 saturated heterocycles. The average molecular weight is 206 g/mol. The maximum Gasteiger partial charge on any atom is 0.276 e. The number of carbonyl (C=O) groups is 1. The van der Waals surface area contributed by atoms with Gasteiger partial charge in [-0.2, -0.15) is 14.9 Å². The monoisotopic (exact) mass is 206 g/mol. The van der Waals surface area contributed by atoms with Crippen LogP contribution < -0.4 is 0 Å². The number of aromatic nitrogens is 2. The molecule has 1 aromatic heterocycles. The lowest BCUT2D eigenvalue weighted by atomic mass is 9.86. The average Bonchev–Trinajstić information content (AvgIpc) is 2.47. The lowest BCUT2D eigenvalue weighted by Crippen LogP contribution is -2.38. The number of aryl methyl sites for hydroxylation is 1. The minimum absolute atomic E-state index is 0.0967. The lowest BCUT2D eigenvalue weighted by molar-refractivity contribution is 0.0785. The molecule has 5 nitrogen and oxygen atoms in total. The minimum atomic E-state index is -0.440. The van der Waals surface area contributed by atoms with Crippen LogP contribution in [0.25, 0.3) is 0 Å². The van der Waals surface area contributed by atoms with Crippen molar-refractivity contribution >= 4 is 11.7 Å². The predicted octanol–water partition coefficient (Wildman–Crippen LogP) is 2.34. The van der Waals surface area contributed by atoms with Crippen LogP contribution in [0.4, 0.5) is 5.82 Å². The number of nitrogens with zero attached hydrogens (tertiary/aromatic N) is 4. The van der Waals surface area contributed by atoms with Crippen molar-refractivity contribution in [1.82, 2.24) is 9.78 Å². The molecule has 0 N–H and O–H groups in total. The van der Waals surface area contributed by atoms with Gasteiger partial charge in [-0.1, -0.05) is 20.8 Å². The molecule has 1 atom stereocenters. The van der Waals surface area contributed by atoms with E-state index in [-0.39, 0.29) is 11.3 Å². The van der Waals surface area contributed by atoms with E-state index in [1.54, 1.807) is 6.20 Å². The van der Waals surface area contributed by atoms with Crippen LogP contribution in [0.15, 0.2) is 16.4 Å². The Morgan fingerprint density at radius 2 is 2.07 bits per heavy atom. The molecule has 0 radical (unpaired) electrons. The van der Waals surface area contributed by atoms with Gasteiger partial charge in [0.05, 0.1) is 6.20 Å². The molecule has 0 saturated carbocycles. The second-order valence-corrected chi connectivity index (χ2v) is 4.89. The summed E-state index contributed by atoms with van der Waals surface area (Å²) in [5.41, 5.74) is 0.650. The van der Waals surface area contributed by atoms with Crippen LogP contribution in [0.1, 0.15) is 31.1 Å². The van der Waals surface area contributed by atoms with E-state index >= 15 is 0 Å². The van der Waals surface area contributed by atoms with E-state index < -0.39 is 6.04 Å². The third-order valence-electron chi connectivity index (χ3n) is 2.45. The molecule has 80 valence electrons. The van der Waals surface area contributed by atoms with E-state index in [0.29, 0.717) is 5.82 Å². The fourth-order valence-corrected chi connectivity index (χ4v) is 1.53. The quantitative estimate of drug-likeness (QED) is 0.654. The number of azo groups is 1. The summed E-state index contributed by atoms with van der Waals surface area (Å²) in [6, 6.07) is -0.440. The van der Waals surface area contributed by atoms with Gasteiger partial charge in [0.2, 0.25) is 0 Å². The smallest absolute Gasteiger partial charge is 0.270 e. The maximum absolute atomic E-state index is 12.0. The van der Waals surface area contributed by atoms with Crippen molar-refractivity contribution in [2.45, 2.75) is 33.7 Å². The third kappa shape index (κ3) is 1.48. The third-order valence-corrected chi connectivity index (χ3v) is 2.45. The zero-order chi connectivity index (χ0) is 11.2. The predicted molar refractivity (Wildman–Crippen MR) is 55.3 cm³/mol. The Balaban J connectivity index is 2.47. The molecule has 0 aliphatic carbocycles. The SMILES string of the molecule is Cc1cnn2c1N=NC(C(C)(C)C)C2=O. The van der Waals surface area contributed by atoms with Gasteiger partial charge >= 0.3 is 0 Å². The largest absolute Gasteiger partial charge is 0.276 e. The van der Waals surface area contributed by atoms with E-state index in [1.807, 2.05) is 27.7 Å². The molecule has 5 heteroatoms. The van der Waals surface area contributed by atoms with Crippen molar-refractivity contribution < 1.29 is 4.79 Å². The van der Waals surface area contributed by atoms with Crippen LogP contribution >= 0.6 is 0 Å². The molecule has 1 aliphatic heterocycles. The first-order valence-corrected chi connectivity index (χ1v) is 4.91. The number of carbonyl (C=O) groups excluding carboxylic acids is 1. The molecular weight excluding hydrogens is 192 g/mol. The van der Waals surface area contributed by atoms with Gasteiger partial charge in [-0.15, -0.1) is 5.11 Å². The first-order valence-electron chi connectivity index (χ1n) is 4.91. The molecule has 15 heavy (non-hydrogen) atoms. The second kappa shape index (κ2) is 2.98. The van der Waals surface area contributed by atoms with Crippen LogP contribution in [0.2, 0.25) is 0 Å². The minimum Gasteiger partial charge on any atom is -0.270 e. The summed E-state index contributed by atoms with van der Waals surface area (Å²) in [6.07, 6.45) is 1.64. The van der Waals surface area contributed by atoms with Gasteiger partial charge < -0.3 is 0 Å². The van der Waals surface area contributed by atoms with Gasteiger partial charge in [0, 0.05) is 5.56 Å². The first kappa shape index (κ1) is 10.0. The summed E-state index contributed by atoms with van der Waals surface area (Å²) in [5.74, 6) is 0.459. The highest BCUT2D eigenvalue weighted by molar-refractivity contribution is 5.88. The number of hydrogen-bond donors (Lipinski definition) is 0. The summed E-state index contributed by atoms with van der Waals surface area (Å²) in [7, 11) is 0. The highest BCUT2D eigenvalue weighted by Crippen LogP contribution is 2.31. The Kier molecular flexibility index (Phi) is 1.99. The van der Waals surface area contributed by atoms with E-state index in [9.17, 15) is 4.79 Å². The standard InChI is InChI=1S/C10H14N4O/c1-6-5-11-14-8(6)13-12-7(9(14)15)10(2,3)4/h5,7H,1-4H3. The van der Waals surface area contributed by atoms with Gasteiger partial charge in [0.25, 0.3) is 5.91 Å². The molecule has 0 aromatic carbocycles. The molecule has 2 rings (SSSR count). The lowest BCUT2D eigenvalue weighted by Gasteiger charge is -2.26. The topological polar surface area (TPSA) is 59.6 Å². The van der Waals surface area contributed by atoms with Crippen molar-refractivity contribution in [2.24, 2.45) is 15.6 Å². The molecule has 1 aromatic rings. The van der Waals surface area contributed by atoms with Crippen molar-refractivity contribution in [3.63, 3.8) is 0 Å². The van der Waals surface area contributed by atoms with Crippen LogP contribution in [-0.4, -0.2) is 21.7 Å². The van der Waals surface area contributed by atoms with Crippen LogP contribution in [0.3, 0.4) is 0 Å². The van der Waals surface area contributed by atoms with Crippen LogP contribution in [0, 0.1) is 12.3 Å². The van der Waals surface area contributed by atoms with E-state index in [1.165, 1.54) is 4.68 Å². The van der Waals surface area contributed by atoms with Gasteiger partial charge in [-0.3, -0.25) is 4.79 Å². The first-order chi connectivity index (χ1) is 6.91.